The summed E-state index contributed by atoms with van der Waals surface area (Å²) in [6.45, 7) is 3.32. The number of carboxylic acid groups (broad SMARTS) is 2. The van der Waals surface area contributed by atoms with Crippen LogP contribution in [0.5, 0.6) is 0 Å². The van der Waals surface area contributed by atoms with Crippen LogP contribution in [0.4, 0.5) is 17.1 Å². The standard InChI is InChI=1S/C19H15N5O6/c1-10-17(21-20-14-4-3-5-15(9-14)24(29)30)11(2)23(22-10)16-7-12(18(25)26)6-13(8-16)19(27)28/h3-9H,1-2H3,(H,25,26)(H,27,28). The van der Waals surface area contributed by atoms with E-state index in [1.54, 1.807) is 19.9 Å². The minimum absolute atomic E-state index is 0.123. The Balaban J connectivity index is 2.04. The summed E-state index contributed by atoms with van der Waals surface area (Å²) in [4.78, 5) is 33.0. The summed E-state index contributed by atoms with van der Waals surface area (Å²) in [7, 11) is 0. The molecule has 0 saturated heterocycles. The van der Waals surface area contributed by atoms with Crippen LogP contribution in [0.2, 0.25) is 0 Å². The molecule has 0 radical (unpaired) electrons. The van der Waals surface area contributed by atoms with Crippen molar-refractivity contribution in [2.45, 2.75) is 13.8 Å². The number of carboxylic acids is 2. The Bertz CT molecular complexity index is 1180. The van der Waals surface area contributed by atoms with Crippen LogP contribution in [0.25, 0.3) is 5.69 Å². The number of hydrogen-bond acceptors (Lipinski definition) is 7. The first-order valence-electron chi connectivity index (χ1n) is 8.52. The molecule has 0 aliphatic heterocycles. The number of azo groups is 1. The lowest BCUT2D eigenvalue weighted by molar-refractivity contribution is -0.384. The Labute approximate surface area is 169 Å². The Hall–Kier alpha value is -4.41. The molecule has 2 aromatic carbocycles. The van der Waals surface area contributed by atoms with Crippen LogP contribution < -0.4 is 0 Å². The number of nitrogens with zero attached hydrogens (tertiary/aromatic N) is 5. The van der Waals surface area contributed by atoms with Gasteiger partial charge in [0.1, 0.15) is 5.69 Å². The molecule has 1 heterocycles. The van der Waals surface area contributed by atoms with E-state index < -0.39 is 16.9 Å². The zero-order valence-electron chi connectivity index (χ0n) is 15.8. The molecule has 0 aliphatic carbocycles. The largest absolute Gasteiger partial charge is 0.478 e. The van der Waals surface area contributed by atoms with Crippen LogP contribution in [0.15, 0.2) is 52.7 Å². The van der Waals surface area contributed by atoms with E-state index in [0.29, 0.717) is 17.1 Å². The Morgan fingerprint density at radius 1 is 1.03 bits per heavy atom. The van der Waals surface area contributed by atoms with Crippen LogP contribution >= 0.6 is 0 Å². The molecule has 0 aliphatic rings. The van der Waals surface area contributed by atoms with E-state index in [0.717, 1.165) is 6.07 Å². The quantitative estimate of drug-likeness (QED) is 0.350. The second-order valence-electron chi connectivity index (χ2n) is 6.29. The summed E-state index contributed by atoms with van der Waals surface area (Å²) >= 11 is 0. The highest BCUT2D eigenvalue weighted by atomic mass is 16.6. The van der Waals surface area contributed by atoms with Gasteiger partial charge in [-0.25, -0.2) is 14.3 Å². The molecular formula is C19H15N5O6. The van der Waals surface area contributed by atoms with Crippen molar-refractivity contribution in [2.75, 3.05) is 0 Å². The number of aromatic nitrogens is 2. The van der Waals surface area contributed by atoms with E-state index in [-0.39, 0.29) is 28.2 Å². The van der Waals surface area contributed by atoms with Gasteiger partial charge in [0.25, 0.3) is 5.69 Å². The van der Waals surface area contributed by atoms with Gasteiger partial charge in [0.05, 0.1) is 38.8 Å². The molecule has 0 bridgehead atoms. The van der Waals surface area contributed by atoms with Crippen LogP contribution in [0.3, 0.4) is 0 Å². The molecule has 0 fully saturated rings. The van der Waals surface area contributed by atoms with Crippen LogP contribution in [-0.4, -0.2) is 36.9 Å². The number of aromatic carboxylic acids is 2. The molecule has 2 N–H and O–H groups in total. The van der Waals surface area contributed by atoms with Gasteiger partial charge in [-0.15, -0.1) is 5.11 Å². The Morgan fingerprint density at radius 2 is 1.67 bits per heavy atom. The fourth-order valence-electron chi connectivity index (χ4n) is 2.79. The molecule has 0 saturated carbocycles. The van der Waals surface area contributed by atoms with Crippen molar-refractivity contribution in [3.63, 3.8) is 0 Å². The average molecular weight is 409 g/mol. The van der Waals surface area contributed by atoms with Gasteiger partial charge in [-0.05, 0) is 38.1 Å². The van der Waals surface area contributed by atoms with Crippen molar-refractivity contribution in [1.29, 1.82) is 0 Å². The zero-order chi connectivity index (χ0) is 22.0. The first-order chi connectivity index (χ1) is 14.2. The molecule has 0 atom stereocenters. The van der Waals surface area contributed by atoms with E-state index in [1.165, 1.54) is 35.0 Å². The van der Waals surface area contributed by atoms with E-state index in [1.807, 2.05) is 0 Å². The lowest BCUT2D eigenvalue weighted by Crippen LogP contribution is -2.07. The van der Waals surface area contributed by atoms with Gasteiger partial charge in [-0.1, -0.05) is 6.07 Å². The molecule has 1 aromatic heterocycles. The number of nitro benzene ring substituents is 1. The molecule has 3 rings (SSSR count). The fraction of sp³-hybridized carbons (Fsp3) is 0.105. The minimum atomic E-state index is -1.27. The Morgan fingerprint density at radius 3 is 2.23 bits per heavy atom. The molecule has 152 valence electrons. The van der Waals surface area contributed by atoms with Gasteiger partial charge in [-0.3, -0.25) is 10.1 Å². The highest BCUT2D eigenvalue weighted by Gasteiger charge is 2.17. The van der Waals surface area contributed by atoms with Crippen molar-refractivity contribution >= 4 is 29.0 Å². The number of benzene rings is 2. The molecule has 0 amide bonds. The summed E-state index contributed by atoms with van der Waals surface area (Å²) in [5, 5.41) is 41.9. The predicted octanol–water partition coefficient (Wildman–Crippen LogP) is 4.21. The van der Waals surface area contributed by atoms with Gasteiger partial charge in [0.15, 0.2) is 0 Å². The number of non-ortho nitro benzene ring substituents is 1. The van der Waals surface area contributed by atoms with E-state index in [4.69, 9.17) is 0 Å². The third-order valence-electron chi connectivity index (χ3n) is 4.22. The molecule has 30 heavy (non-hydrogen) atoms. The summed E-state index contributed by atoms with van der Waals surface area (Å²) in [5.74, 6) is -2.54. The van der Waals surface area contributed by atoms with E-state index in [9.17, 15) is 29.9 Å². The maximum absolute atomic E-state index is 11.3. The van der Waals surface area contributed by atoms with Gasteiger partial charge in [0, 0.05) is 12.1 Å². The number of carbonyl (C=O) groups is 2. The van der Waals surface area contributed by atoms with Crippen LogP contribution in [0, 0.1) is 24.0 Å². The van der Waals surface area contributed by atoms with Gasteiger partial charge < -0.3 is 10.2 Å². The van der Waals surface area contributed by atoms with Crippen molar-refractivity contribution in [3.05, 3.63) is 75.1 Å². The fourth-order valence-corrected chi connectivity index (χ4v) is 2.79. The van der Waals surface area contributed by atoms with Crippen molar-refractivity contribution in [1.82, 2.24) is 9.78 Å². The number of aryl methyl sites for hydroxylation is 1. The lowest BCUT2D eigenvalue weighted by Gasteiger charge is -2.07. The molecule has 11 nitrogen and oxygen atoms in total. The second kappa shape index (κ2) is 7.91. The van der Waals surface area contributed by atoms with Crippen LogP contribution in [0.1, 0.15) is 32.1 Å². The van der Waals surface area contributed by atoms with Crippen molar-refractivity contribution < 1.29 is 24.7 Å². The first-order valence-corrected chi connectivity index (χ1v) is 8.52. The summed E-state index contributed by atoms with van der Waals surface area (Å²) < 4.78 is 1.37. The highest BCUT2D eigenvalue weighted by Crippen LogP contribution is 2.29. The lowest BCUT2D eigenvalue weighted by atomic mass is 10.1. The van der Waals surface area contributed by atoms with Gasteiger partial charge in [0.2, 0.25) is 0 Å². The molecular weight excluding hydrogens is 394 g/mol. The molecule has 3 aromatic rings. The molecule has 0 unspecified atom stereocenters. The number of nitro groups is 1. The maximum Gasteiger partial charge on any atom is 0.335 e. The monoisotopic (exact) mass is 409 g/mol. The zero-order valence-corrected chi connectivity index (χ0v) is 15.8. The molecule has 11 heteroatoms. The normalized spacial score (nSPS) is 11.0. The van der Waals surface area contributed by atoms with Gasteiger partial charge in [-0.2, -0.15) is 10.2 Å². The summed E-state index contributed by atoms with van der Waals surface area (Å²) in [6.07, 6.45) is 0. The first kappa shape index (κ1) is 20.3. The SMILES string of the molecule is Cc1nn(-c2cc(C(=O)O)cc(C(=O)O)c2)c(C)c1N=Nc1cccc([N+](=O)[O-])c1. The second-order valence-corrected chi connectivity index (χ2v) is 6.29. The number of hydrogen-bond donors (Lipinski definition) is 2. The van der Waals surface area contributed by atoms with Crippen molar-refractivity contribution in [2.24, 2.45) is 10.2 Å². The smallest absolute Gasteiger partial charge is 0.335 e. The average Bonchev–Trinajstić information content (AvgIpc) is 2.99. The minimum Gasteiger partial charge on any atom is -0.478 e. The predicted molar refractivity (Wildman–Crippen MR) is 104 cm³/mol. The van der Waals surface area contributed by atoms with Gasteiger partial charge >= 0.3 is 11.9 Å². The third-order valence-corrected chi connectivity index (χ3v) is 4.22. The highest BCUT2D eigenvalue weighted by molar-refractivity contribution is 5.94. The number of rotatable bonds is 6. The van der Waals surface area contributed by atoms with Crippen LogP contribution in [-0.2, 0) is 0 Å². The van der Waals surface area contributed by atoms with Crippen molar-refractivity contribution in [3.8, 4) is 5.69 Å². The topological polar surface area (TPSA) is 160 Å². The third kappa shape index (κ3) is 4.04. The Kier molecular flexibility index (Phi) is 5.36. The van der Waals surface area contributed by atoms with E-state index in [2.05, 4.69) is 15.3 Å². The summed E-state index contributed by atoms with van der Waals surface area (Å²) in [6, 6.07) is 9.31. The van der Waals surface area contributed by atoms with E-state index >= 15 is 0 Å². The maximum atomic E-state index is 11.3. The summed E-state index contributed by atoms with van der Waals surface area (Å²) in [5.41, 5.74) is 1.32. The molecule has 0 spiro atoms.